The van der Waals surface area contributed by atoms with E-state index in [-0.39, 0.29) is 31.1 Å². The van der Waals surface area contributed by atoms with Gasteiger partial charge in [-0.05, 0) is 83.5 Å². The quantitative estimate of drug-likeness (QED) is 0.0261. The summed E-state index contributed by atoms with van der Waals surface area (Å²) in [5.41, 5.74) is 0. The van der Waals surface area contributed by atoms with Crippen molar-refractivity contribution in [1.29, 1.82) is 0 Å². The lowest BCUT2D eigenvalue weighted by atomic mass is 10.0. The Morgan fingerprint density at radius 2 is 0.468 bits per heavy atom. The minimum Gasteiger partial charge on any atom is -0.462 e. The predicted octanol–water partition coefficient (Wildman–Crippen LogP) is 23.3. The molecule has 0 fully saturated rings. The molecule has 0 aromatic heterocycles. The molecule has 0 bridgehead atoms. The largest absolute Gasteiger partial charge is 0.462 e. The first-order valence-corrected chi connectivity index (χ1v) is 34.1. The van der Waals surface area contributed by atoms with Gasteiger partial charge in [0, 0.05) is 19.3 Å². The zero-order chi connectivity index (χ0) is 55.7. The van der Waals surface area contributed by atoms with Gasteiger partial charge in [0.25, 0.3) is 0 Å². The maximum absolute atomic E-state index is 12.9. The molecule has 0 saturated carbocycles. The number of unbranched alkanes of at least 4 members (excludes halogenated alkanes) is 44. The van der Waals surface area contributed by atoms with Crippen molar-refractivity contribution in [2.45, 2.75) is 374 Å². The lowest BCUT2D eigenvalue weighted by Crippen LogP contribution is -2.30. The average molecular weight is 1080 g/mol. The standard InChI is InChI=1S/C71H130O6/c1-4-7-10-13-16-19-22-25-27-29-31-32-33-34-35-36-37-38-40-41-43-46-49-52-55-58-61-64-70(73)76-67-68(66-75-69(72)63-60-57-54-51-48-45-24-21-18-15-12-9-6-3)77-71(74)65-62-59-56-53-50-47-44-42-39-30-28-26-23-20-17-14-11-8-5-2/h21-22,24-25,29,31,33-34,68H,4-20,23,26-28,30,32,35-67H2,1-3H3/b24-21-,25-22-,31-29-,34-33-. The third-order valence-corrected chi connectivity index (χ3v) is 15.3. The number of hydrogen-bond acceptors (Lipinski definition) is 6. The van der Waals surface area contributed by atoms with E-state index >= 15 is 0 Å². The molecule has 0 amide bonds. The van der Waals surface area contributed by atoms with Gasteiger partial charge in [0.1, 0.15) is 13.2 Å². The molecule has 0 saturated heterocycles. The maximum atomic E-state index is 12.9. The van der Waals surface area contributed by atoms with Crippen LogP contribution in [0, 0.1) is 0 Å². The topological polar surface area (TPSA) is 78.9 Å². The second-order valence-corrected chi connectivity index (χ2v) is 23.1. The number of carbonyl (C=O) groups is 3. The van der Waals surface area contributed by atoms with Crippen LogP contribution < -0.4 is 0 Å². The third kappa shape index (κ3) is 64.1. The zero-order valence-electron chi connectivity index (χ0n) is 51.7. The highest BCUT2D eigenvalue weighted by molar-refractivity contribution is 5.71. The summed E-state index contributed by atoms with van der Waals surface area (Å²) in [6, 6.07) is 0. The Balaban J connectivity index is 4.24. The molecule has 6 nitrogen and oxygen atoms in total. The van der Waals surface area contributed by atoms with Gasteiger partial charge >= 0.3 is 17.9 Å². The molecular formula is C71H130O6. The predicted molar refractivity (Wildman–Crippen MR) is 335 cm³/mol. The molecule has 0 aliphatic rings. The van der Waals surface area contributed by atoms with Gasteiger partial charge in [-0.3, -0.25) is 14.4 Å². The van der Waals surface area contributed by atoms with Crippen LogP contribution in [-0.4, -0.2) is 37.2 Å². The normalized spacial score (nSPS) is 12.3. The molecule has 0 N–H and O–H groups in total. The summed E-state index contributed by atoms with van der Waals surface area (Å²) in [5.74, 6) is -0.859. The van der Waals surface area contributed by atoms with Crippen molar-refractivity contribution in [2.24, 2.45) is 0 Å². The van der Waals surface area contributed by atoms with Crippen LogP contribution in [0.25, 0.3) is 0 Å². The molecule has 1 atom stereocenters. The van der Waals surface area contributed by atoms with Crippen LogP contribution in [0.1, 0.15) is 367 Å². The summed E-state index contributed by atoms with van der Waals surface area (Å²) in [6.45, 7) is 6.67. The van der Waals surface area contributed by atoms with Crippen LogP contribution in [0.3, 0.4) is 0 Å². The fourth-order valence-corrected chi connectivity index (χ4v) is 10.2. The molecule has 0 heterocycles. The Labute approximate surface area is 479 Å². The van der Waals surface area contributed by atoms with Gasteiger partial charge in [-0.25, -0.2) is 0 Å². The van der Waals surface area contributed by atoms with E-state index in [1.165, 1.54) is 250 Å². The van der Waals surface area contributed by atoms with Crippen LogP contribution in [0.2, 0.25) is 0 Å². The third-order valence-electron chi connectivity index (χ3n) is 15.3. The Kier molecular flexibility index (Phi) is 63.6. The Morgan fingerprint density at radius 3 is 0.753 bits per heavy atom. The van der Waals surface area contributed by atoms with Crippen molar-refractivity contribution in [2.75, 3.05) is 13.2 Å². The summed E-state index contributed by atoms with van der Waals surface area (Å²) >= 11 is 0. The van der Waals surface area contributed by atoms with Crippen molar-refractivity contribution in [3.8, 4) is 0 Å². The molecule has 0 aromatic rings. The van der Waals surface area contributed by atoms with Gasteiger partial charge in [0.2, 0.25) is 0 Å². The van der Waals surface area contributed by atoms with Gasteiger partial charge < -0.3 is 14.2 Å². The van der Waals surface area contributed by atoms with E-state index in [1.807, 2.05) is 0 Å². The van der Waals surface area contributed by atoms with Gasteiger partial charge in [-0.1, -0.05) is 313 Å². The van der Waals surface area contributed by atoms with Gasteiger partial charge in [0.05, 0.1) is 0 Å². The Hall–Kier alpha value is -2.63. The Bertz CT molecular complexity index is 1330. The van der Waals surface area contributed by atoms with Gasteiger partial charge in [-0.15, -0.1) is 0 Å². The van der Waals surface area contributed by atoms with E-state index in [9.17, 15) is 14.4 Å². The zero-order valence-corrected chi connectivity index (χ0v) is 51.7. The second-order valence-electron chi connectivity index (χ2n) is 23.1. The smallest absolute Gasteiger partial charge is 0.306 e. The van der Waals surface area contributed by atoms with Gasteiger partial charge in [0.15, 0.2) is 6.10 Å². The highest BCUT2D eigenvalue weighted by atomic mass is 16.6. The molecule has 77 heavy (non-hydrogen) atoms. The van der Waals surface area contributed by atoms with E-state index in [4.69, 9.17) is 14.2 Å². The van der Waals surface area contributed by atoms with Crippen LogP contribution in [0.15, 0.2) is 48.6 Å². The summed E-state index contributed by atoms with van der Waals surface area (Å²) in [6.07, 6.45) is 82.7. The van der Waals surface area contributed by atoms with E-state index < -0.39 is 6.10 Å². The number of hydrogen-bond donors (Lipinski definition) is 0. The first kappa shape index (κ1) is 74.4. The van der Waals surface area contributed by atoms with Crippen molar-refractivity contribution in [1.82, 2.24) is 0 Å². The van der Waals surface area contributed by atoms with Crippen molar-refractivity contribution >= 4 is 17.9 Å². The molecule has 0 spiro atoms. The maximum Gasteiger partial charge on any atom is 0.306 e. The highest BCUT2D eigenvalue weighted by Gasteiger charge is 2.19. The average Bonchev–Trinajstić information content (AvgIpc) is 3.43. The molecule has 1 unspecified atom stereocenters. The minimum absolute atomic E-state index is 0.0725. The number of carbonyl (C=O) groups excluding carboxylic acids is 3. The first-order chi connectivity index (χ1) is 38.0. The summed E-state index contributed by atoms with van der Waals surface area (Å²) < 4.78 is 17.0. The molecule has 0 aliphatic carbocycles. The number of esters is 3. The summed E-state index contributed by atoms with van der Waals surface area (Å²) in [7, 11) is 0. The fraction of sp³-hybridized carbons (Fsp3) is 0.845. The monoisotopic (exact) mass is 1080 g/mol. The summed E-state index contributed by atoms with van der Waals surface area (Å²) in [4.78, 5) is 38.4. The fourth-order valence-electron chi connectivity index (χ4n) is 10.2. The van der Waals surface area contributed by atoms with E-state index in [2.05, 4.69) is 69.4 Å². The molecular weight excluding hydrogens is 949 g/mol. The lowest BCUT2D eigenvalue weighted by Gasteiger charge is -2.18. The van der Waals surface area contributed by atoms with Crippen LogP contribution in [0.5, 0.6) is 0 Å². The minimum atomic E-state index is -0.775. The van der Waals surface area contributed by atoms with Crippen molar-refractivity contribution in [3.05, 3.63) is 48.6 Å². The molecule has 0 radical (unpaired) electrons. The number of ether oxygens (including phenoxy) is 3. The van der Waals surface area contributed by atoms with E-state index in [0.29, 0.717) is 19.3 Å². The van der Waals surface area contributed by atoms with Crippen LogP contribution >= 0.6 is 0 Å². The van der Waals surface area contributed by atoms with Crippen LogP contribution in [-0.2, 0) is 28.6 Å². The molecule has 0 rings (SSSR count). The van der Waals surface area contributed by atoms with Gasteiger partial charge in [-0.2, -0.15) is 0 Å². The second kappa shape index (κ2) is 65.9. The molecule has 0 aliphatic heterocycles. The Morgan fingerprint density at radius 1 is 0.260 bits per heavy atom. The molecule has 6 heteroatoms. The van der Waals surface area contributed by atoms with Crippen molar-refractivity contribution < 1.29 is 28.6 Å². The number of allylic oxidation sites excluding steroid dienone is 8. The van der Waals surface area contributed by atoms with Crippen LogP contribution in [0.4, 0.5) is 0 Å². The van der Waals surface area contributed by atoms with E-state index in [1.54, 1.807) is 0 Å². The lowest BCUT2D eigenvalue weighted by molar-refractivity contribution is -0.167. The molecule has 0 aromatic carbocycles. The molecule has 450 valence electrons. The van der Waals surface area contributed by atoms with Crippen molar-refractivity contribution in [3.63, 3.8) is 0 Å². The first-order valence-electron chi connectivity index (χ1n) is 34.1. The van der Waals surface area contributed by atoms with E-state index in [0.717, 1.165) is 77.0 Å². The SMILES string of the molecule is CCCCCC/C=C\CCCCCCCC(=O)OCC(COC(=O)CCCCCCCCCCCCCC/C=C\C/C=C\C/C=C\CCCCCCC)OC(=O)CCCCCCCCCCCCCCCCCCCCC. The highest BCUT2D eigenvalue weighted by Crippen LogP contribution is 2.18. The summed E-state index contributed by atoms with van der Waals surface area (Å²) in [5, 5.41) is 0. The number of rotatable bonds is 63.